The predicted molar refractivity (Wildman–Crippen MR) is 85.6 cm³/mol. The largest absolute Gasteiger partial charge is 0.293 e. The van der Waals surface area contributed by atoms with Crippen molar-refractivity contribution in [3.63, 3.8) is 0 Å². The molecule has 0 aliphatic rings. The van der Waals surface area contributed by atoms with Gasteiger partial charge in [-0.2, -0.15) is 0 Å². The Bertz CT molecular complexity index is 649. The molecule has 0 N–H and O–H groups in total. The number of rotatable bonds is 5. The van der Waals surface area contributed by atoms with Crippen LogP contribution in [0.25, 0.3) is 0 Å². The molecule has 0 spiro atoms. The van der Waals surface area contributed by atoms with Crippen LogP contribution in [-0.2, 0) is 6.54 Å². The van der Waals surface area contributed by atoms with Gasteiger partial charge in [-0.25, -0.2) is 0 Å². The molecule has 0 fully saturated rings. The number of hydrogen-bond acceptors (Lipinski definition) is 3. The third-order valence-electron chi connectivity index (χ3n) is 3.48. The molecule has 0 aliphatic carbocycles. The number of nitrogens with zero attached hydrogens (tertiary/aromatic N) is 2. The van der Waals surface area contributed by atoms with E-state index < -0.39 is 0 Å². The van der Waals surface area contributed by atoms with Gasteiger partial charge in [0.25, 0.3) is 0 Å². The van der Waals surface area contributed by atoms with E-state index >= 15 is 0 Å². The van der Waals surface area contributed by atoms with Crippen LogP contribution in [0.2, 0.25) is 0 Å². The predicted octanol–water partition coefficient (Wildman–Crippen LogP) is 3.32. The first-order valence-corrected chi connectivity index (χ1v) is 7.17. The number of carbonyl (C=O) groups is 1. The first-order chi connectivity index (χ1) is 9.95. The molecule has 2 aromatic rings. The van der Waals surface area contributed by atoms with Gasteiger partial charge in [0.15, 0.2) is 5.78 Å². The van der Waals surface area contributed by atoms with Gasteiger partial charge in [-0.15, -0.1) is 0 Å². The van der Waals surface area contributed by atoms with Gasteiger partial charge in [0.2, 0.25) is 0 Å². The third-order valence-corrected chi connectivity index (χ3v) is 3.48. The zero-order valence-corrected chi connectivity index (χ0v) is 13.2. The molecular weight excluding hydrogens is 260 g/mol. The van der Waals surface area contributed by atoms with Crippen molar-refractivity contribution in [2.45, 2.75) is 27.3 Å². The minimum Gasteiger partial charge on any atom is -0.293 e. The highest BCUT2D eigenvalue weighted by Gasteiger charge is 2.12. The maximum absolute atomic E-state index is 12.4. The first kappa shape index (κ1) is 15.4. The quantitative estimate of drug-likeness (QED) is 0.789. The molecule has 0 atom stereocenters. The highest BCUT2D eigenvalue weighted by atomic mass is 16.1. The van der Waals surface area contributed by atoms with Crippen LogP contribution in [0.5, 0.6) is 0 Å². The van der Waals surface area contributed by atoms with Crippen LogP contribution >= 0.6 is 0 Å². The topological polar surface area (TPSA) is 33.2 Å². The normalized spacial score (nSPS) is 10.9. The van der Waals surface area contributed by atoms with Crippen molar-refractivity contribution in [3.05, 3.63) is 64.5 Å². The van der Waals surface area contributed by atoms with E-state index in [1.165, 1.54) is 0 Å². The maximum Gasteiger partial charge on any atom is 0.177 e. The first-order valence-electron chi connectivity index (χ1n) is 7.17. The highest BCUT2D eigenvalue weighted by Crippen LogP contribution is 2.12. The summed E-state index contributed by atoms with van der Waals surface area (Å²) in [5.41, 5.74) is 4.96. The van der Waals surface area contributed by atoms with E-state index in [4.69, 9.17) is 0 Å². The van der Waals surface area contributed by atoms with Crippen LogP contribution in [0.3, 0.4) is 0 Å². The molecule has 1 aromatic carbocycles. The number of aryl methyl sites for hydroxylation is 3. The Hall–Kier alpha value is -2.00. The van der Waals surface area contributed by atoms with Crippen molar-refractivity contribution < 1.29 is 4.79 Å². The number of ketones is 1. The Labute approximate surface area is 126 Å². The molecule has 1 heterocycles. The summed E-state index contributed by atoms with van der Waals surface area (Å²) in [6, 6.07) is 12.0. The Morgan fingerprint density at radius 2 is 1.90 bits per heavy atom. The molecule has 110 valence electrons. The smallest absolute Gasteiger partial charge is 0.177 e. The van der Waals surface area contributed by atoms with E-state index in [0.29, 0.717) is 13.1 Å². The van der Waals surface area contributed by atoms with Crippen LogP contribution in [0.1, 0.15) is 32.9 Å². The third kappa shape index (κ3) is 4.23. The van der Waals surface area contributed by atoms with Gasteiger partial charge in [0.1, 0.15) is 0 Å². The van der Waals surface area contributed by atoms with E-state index in [0.717, 1.165) is 28.1 Å². The number of benzene rings is 1. The molecule has 0 aliphatic heterocycles. The number of carbonyl (C=O) groups excluding carboxylic acids is 1. The van der Waals surface area contributed by atoms with E-state index in [1.54, 1.807) is 0 Å². The fourth-order valence-corrected chi connectivity index (χ4v) is 2.39. The summed E-state index contributed by atoms with van der Waals surface area (Å²) >= 11 is 0. The second kappa shape index (κ2) is 6.64. The number of Topliss-reactive ketones (excluding diaryl/α,β-unsaturated/α-hetero) is 1. The monoisotopic (exact) mass is 282 g/mol. The van der Waals surface area contributed by atoms with Crippen LogP contribution in [-0.4, -0.2) is 29.3 Å². The molecule has 3 nitrogen and oxygen atoms in total. The van der Waals surface area contributed by atoms with Crippen molar-refractivity contribution in [1.29, 1.82) is 0 Å². The summed E-state index contributed by atoms with van der Waals surface area (Å²) in [6.45, 7) is 7.05. The van der Waals surface area contributed by atoms with Gasteiger partial charge < -0.3 is 0 Å². The SMILES string of the molecule is Cc1ccc(C)c(C(=O)CN(C)Cc2cccc(C)n2)c1. The highest BCUT2D eigenvalue weighted by molar-refractivity contribution is 5.99. The molecule has 0 bridgehead atoms. The second-order valence-corrected chi connectivity index (χ2v) is 5.68. The van der Waals surface area contributed by atoms with Gasteiger partial charge in [0.05, 0.1) is 12.2 Å². The maximum atomic E-state index is 12.4. The number of pyridine rings is 1. The van der Waals surface area contributed by atoms with Crippen LogP contribution < -0.4 is 0 Å². The summed E-state index contributed by atoms with van der Waals surface area (Å²) < 4.78 is 0. The van der Waals surface area contributed by atoms with Gasteiger partial charge >= 0.3 is 0 Å². The fourth-order valence-electron chi connectivity index (χ4n) is 2.39. The Morgan fingerprint density at radius 3 is 2.62 bits per heavy atom. The molecule has 3 heteroatoms. The lowest BCUT2D eigenvalue weighted by Crippen LogP contribution is -2.26. The molecule has 21 heavy (non-hydrogen) atoms. The lowest BCUT2D eigenvalue weighted by atomic mass is 10.0. The zero-order chi connectivity index (χ0) is 15.4. The Balaban J connectivity index is 2.03. The van der Waals surface area contributed by atoms with E-state index in [1.807, 2.05) is 69.1 Å². The lowest BCUT2D eigenvalue weighted by molar-refractivity contribution is 0.0942. The van der Waals surface area contributed by atoms with Gasteiger partial charge in [-0.3, -0.25) is 14.7 Å². The van der Waals surface area contributed by atoms with Crippen molar-refractivity contribution in [3.8, 4) is 0 Å². The molecule has 2 rings (SSSR count). The molecule has 0 unspecified atom stereocenters. The number of likely N-dealkylation sites (N-methyl/N-ethyl adjacent to an activating group) is 1. The van der Waals surface area contributed by atoms with Crippen molar-refractivity contribution in [1.82, 2.24) is 9.88 Å². The average molecular weight is 282 g/mol. The molecule has 0 amide bonds. The molecule has 1 aromatic heterocycles. The minimum absolute atomic E-state index is 0.159. The summed E-state index contributed by atoms with van der Waals surface area (Å²) in [5, 5.41) is 0. The summed E-state index contributed by atoms with van der Waals surface area (Å²) in [7, 11) is 1.95. The minimum atomic E-state index is 0.159. The lowest BCUT2D eigenvalue weighted by Gasteiger charge is -2.16. The molecular formula is C18H22N2O. The summed E-state index contributed by atoms with van der Waals surface area (Å²) in [6.07, 6.45) is 0. The van der Waals surface area contributed by atoms with Crippen LogP contribution in [0.4, 0.5) is 0 Å². The van der Waals surface area contributed by atoms with E-state index in [2.05, 4.69) is 4.98 Å². The molecule has 0 saturated heterocycles. The Morgan fingerprint density at radius 1 is 1.14 bits per heavy atom. The average Bonchev–Trinajstić information content (AvgIpc) is 2.41. The van der Waals surface area contributed by atoms with Gasteiger partial charge in [0, 0.05) is 17.8 Å². The summed E-state index contributed by atoms with van der Waals surface area (Å²) in [5.74, 6) is 0.159. The van der Waals surface area contributed by atoms with Crippen molar-refractivity contribution >= 4 is 5.78 Å². The van der Waals surface area contributed by atoms with Crippen LogP contribution in [0.15, 0.2) is 36.4 Å². The van der Waals surface area contributed by atoms with Gasteiger partial charge in [-0.1, -0.05) is 23.8 Å². The molecule has 0 radical (unpaired) electrons. The Kier molecular flexibility index (Phi) is 4.86. The van der Waals surface area contributed by atoms with Crippen molar-refractivity contribution in [2.24, 2.45) is 0 Å². The number of aromatic nitrogens is 1. The van der Waals surface area contributed by atoms with Crippen molar-refractivity contribution in [2.75, 3.05) is 13.6 Å². The van der Waals surface area contributed by atoms with E-state index in [9.17, 15) is 4.79 Å². The fraction of sp³-hybridized carbons (Fsp3) is 0.333. The number of hydrogen-bond donors (Lipinski definition) is 0. The second-order valence-electron chi connectivity index (χ2n) is 5.68. The van der Waals surface area contributed by atoms with Crippen LogP contribution in [0, 0.1) is 20.8 Å². The van der Waals surface area contributed by atoms with E-state index in [-0.39, 0.29) is 5.78 Å². The van der Waals surface area contributed by atoms with Gasteiger partial charge in [-0.05, 0) is 51.6 Å². The standard InChI is InChI=1S/C18H22N2O/c1-13-8-9-14(2)17(10-13)18(21)12-20(4)11-16-7-5-6-15(3)19-16/h5-10H,11-12H2,1-4H3. The zero-order valence-electron chi connectivity index (χ0n) is 13.2. The molecule has 0 saturated carbocycles. The summed E-state index contributed by atoms with van der Waals surface area (Å²) in [4.78, 5) is 18.9.